The van der Waals surface area contributed by atoms with E-state index in [0.717, 1.165) is 5.75 Å². The Morgan fingerprint density at radius 2 is 1.65 bits per heavy atom. The highest BCUT2D eigenvalue weighted by Gasteiger charge is 2.09. The van der Waals surface area contributed by atoms with Crippen molar-refractivity contribution in [3.05, 3.63) is 60.2 Å². The lowest BCUT2D eigenvalue weighted by Crippen LogP contribution is -2.11. The van der Waals surface area contributed by atoms with Crippen LogP contribution in [0.15, 0.2) is 54.6 Å². The van der Waals surface area contributed by atoms with Crippen LogP contribution in [0.5, 0.6) is 5.75 Å². The fourth-order valence-corrected chi connectivity index (χ4v) is 1.69. The summed E-state index contributed by atoms with van der Waals surface area (Å²) >= 11 is 0. The summed E-state index contributed by atoms with van der Waals surface area (Å²) < 4.78 is 10.6. The average Bonchev–Trinajstić information content (AvgIpc) is 2.48. The van der Waals surface area contributed by atoms with Gasteiger partial charge < -0.3 is 15.2 Å². The molecule has 0 spiro atoms. The molecule has 2 rings (SSSR count). The Hall–Kier alpha value is -2.49. The van der Waals surface area contributed by atoms with Crippen molar-refractivity contribution in [2.45, 2.75) is 6.42 Å². The molecule has 2 aromatic carbocycles. The summed E-state index contributed by atoms with van der Waals surface area (Å²) in [5.41, 5.74) is 6.53. The van der Waals surface area contributed by atoms with Crippen LogP contribution >= 0.6 is 0 Å². The van der Waals surface area contributed by atoms with Crippen molar-refractivity contribution < 1.29 is 14.3 Å². The monoisotopic (exact) mass is 271 g/mol. The topological polar surface area (TPSA) is 61.6 Å². The number of carbonyl (C=O) groups is 1. The summed E-state index contributed by atoms with van der Waals surface area (Å²) in [4.78, 5) is 11.8. The third-order valence-electron chi connectivity index (χ3n) is 2.71. The van der Waals surface area contributed by atoms with E-state index in [1.807, 2.05) is 30.3 Å². The van der Waals surface area contributed by atoms with Crippen LogP contribution < -0.4 is 10.5 Å². The molecule has 0 aliphatic carbocycles. The van der Waals surface area contributed by atoms with Crippen molar-refractivity contribution in [2.24, 2.45) is 0 Å². The molecule has 2 aromatic rings. The van der Waals surface area contributed by atoms with Gasteiger partial charge in [-0.3, -0.25) is 0 Å². The second kappa shape index (κ2) is 7.19. The first-order chi connectivity index (χ1) is 9.77. The maximum atomic E-state index is 11.8. The van der Waals surface area contributed by atoms with Gasteiger partial charge in [0.05, 0.1) is 18.8 Å². The number of hydrogen-bond acceptors (Lipinski definition) is 4. The SMILES string of the molecule is Nc1ccccc1C(=O)OCCCOc1ccccc1. The molecule has 2 N–H and O–H groups in total. The highest BCUT2D eigenvalue weighted by atomic mass is 16.5. The van der Waals surface area contributed by atoms with Gasteiger partial charge in [-0.2, -0.15) is 0 Å². The van der Waals surface area contributed by atoms with Crippen LogP contribution in [0.25, 0.3) is 0 Å². The Balaban J connectivity index is 1.69. The number of rotatable bonds is 6. The Bertz CT molecular complexity index is 555. The zero-order valence-electron chi connectivity index (χ0n) is 11.1. The smallest absolute Gasteiger partial charge is 0.340 e. The van der Waals surface area contributed by atoms with Crippen molar-refractivity contribution in [1.82, 2.24) is 0 Å². The van der Waals surface area contributed by atoms with E-state index in [9.17, 15) is 4.79 Å². The summed E-state index contributed by atoms with van der Waals surface area (Å²) in [6.07, 6.45) is 0.632. The fourth-order valence-electron chi connectivity index (χ4n) is 1.69. The first-order valence-corrected chi connectivity index (χ1v) is 6.47. The molecule has 20 heavy (non-hydrogen) atoms. The Kier molecular flexibility index (Phi) is 5.00. The van der Waals surface area contributed by atoms with Crippen LogP contribution in [0.4, 0.5) is 5.69 Å². The van der Waals surface area contributed by atoms with Crippen LogP contribution in [-0.2, 0) is 4.74 Å². The van der Waals surface area contributed by atoms with Gasteiger partial charge in [-0.1, -0.05) is 30.3 Å². The minimum atomic E-state index is -0.400. The third-order valence-corrected chi connectivity index (χ3v) is 2.71. The minimum Gasteiger partial charge on any atom is -0.493 e. The van der Waals surface area contributed by atoms with E-state index in [1.165, 1.54) is 0 Å². The molecule has 0 saturated heterocycles. The summed E-state index contributed by atoms with van der Waals surface area (Å²) in [5, 5.41) is 0. The van der Waals surface area contributed by atoms with Crippen LogP contribution in [0.1, 0.15) is 16.8 Å². The summed E-state index contributed by atoms with van der Waals surface area (Å²) in [6.45, 7) is 0.807. The van der Waals surface area contributed by atoms with Gasteiger partial charge in [0, 0.05) is 12.1 Å². The van der Waals surface area contributed by atoms with E-state index < -0.39 is 5.97 Å². The Morgan fingerprint density at radius 3 is 2.40 bits per heavy atom. The summed E-state index contributed by atoms with van der Waals surface area (Å²) in [6, 6.07) is 16.4. The quantitative estimate of drug-likeness (QED) is 0.498. The molecule has 0 radical (unpaired) electrons. The molecule has 0 atom stereocenters. The lowest BCUT2D eigenvalue weighted by atomic mass is 10.2. The van der Waals surface area contributed by atoms with E-state index >= 15 is 0 Å². The molecule has 0 bridgehead atoms. The number of para-hydroxylation sites is 2. The first-order valence-electron chi connectivity index (χ1n) is 6.47. The van der Waals surface area contributed by atoms with Crippen LogP contribution in [0.2, 0.25) is 0 Å². The van der Waals surface area contributed by atoms with Crippen LogP contribution in [0, 0.1) is 0 Å². The lowest BCUT2D eigenvalue weighted by molar-refractivity contribution is 0.0487. The number of ether oxygens (including phenoxy) is 2. The number of hydrogen-bond donors (Lipinski definition) is 1. The van der Waals surface area contributed by atoms with Gasteiger partial charge in [0.15, 0.2) is 0 Å². The average molecular weight is 271 g/mol. The largest absolute Gasteiger partial charge is 0.493 e. The second-order valence-corrected chi connectivity index (χ2v) is 4.24. The van der Waals surface area contributed by atoms with Crippen molar-refractivity contribution in [2.75, 3.05) is 18.9 Å². The molecule has 4 heteroatoms. The maximum Gasteiger partial charge on any atom is 0.340 e. The fraction of sp³-hybridized carbons (Fsp3) is 0.188. The number of anilines is 1. The zero-order valence-corrected chi connectivity index (χ0v) is 11.1. The van der Waals surface area contributed by atoms with E-state index in [-0.39, 0.29) is 0 Å². The predicted molar refractivity (Wildman–Crippen MR) is 77.7 cm³/mol. The summed E-state index contributed by atoms with van der Waals surface area (Å²) in [5.74, 6) is 0.411. The van der Waals surface area contributed by atoms with Crippen molar-refractivity contribution >= 4 is 11.7 Å². The minimum absolute atomic E-state index is 0.306. The van der Waals surface area contributed by atoms with Gasteiger partial charge in [0.1, 0.15) is 5.75 Å². The van der Waals surface area contributed by atoms with Gasteiger partial charge in [0.25, 0.3) is 0 Å². The van der Waals surface area contributed by atoms with E-state index in [4.69, 9.17) is 15.2 Å². The molecule has 0 aromatic heterocycles. The van der Waals surface area contributed by atoms with Gasteiger partial charge >= 0.3 is 5.97 Å². The van der Waals surface area contributed by atoms with Gasteiger partial charge in [-0.25, -0.2) is 4.79 Å². The molecule has 4 nitrogen and oxygen atoms in total. The number of carbonyl (C=O) groups excluding carboxylic acids is 1. The highest BCUT2D eigenvalue weighted by molar-refractivity contribution is 5.94. The standard InChI is InChI=1S/C16H17NO3/c17-15-10-5-4-9-14(15)16(18)20-12-6-11-19-13-7-2-1-3-8-13/h1-5,7-10H,6,11-12,17H2. The molecule has 0 unspecified atom stereocenters. The lowest BCUT2D eigenvalue weighted by Gasteiger charge is -2.08. The molecular weight excluding hydrogens is 254 g/mol. The first kappa shape index (κ1) is 13.9. The molecule has 0 saturated carbocycles. The molecule has 0 aliphatic rings. The van der Waals surface area contributed by atoms with E-state index in [2.05, 4.69) is 0 Å². The summed E-state index contributed by atoms with van der Waals surface area (Å²) in [7, 11) is 0. The van der Waals surface area contributed by atoms with Gasteiger partial charge in [-0.05, 0) is 24.3 Å². The Labute approximate surface area is 118 Å². The number of benzene rings is 2. The Morgan fingerprint density at radius 1 is 0.950 bits per heavy atom. The zero-order chi connectivity index (χ0) is 14.2. The van der Waals surface area contributed by atoms with Crippen LogP contribution in [0.3, 0.4) is 0 Å². The number of esters is 1. The van der Waals surface area contributed by atoms with E-state index in [0.29, 0.717) is 30.9 Å². The molecule has 0 fully saturated rings. The van der Waals surface area contributed by atoms with Crippen LogP contribution in [-0.4, -0.2) is 19.2 Å². The normalized spacial score (nSPS) is 10.0. The van der Waals surface area contributed by atoms with Crippen molar-refractivity contribution in [1.29, 1.82) is 0 Å². The number of nitrogen functional groups attached to an aromatic ring is 1. The third kappa shape index (κ3) is 4.02. The highest BCUT2D eigenvalue weighted by Crippen LogP contribution is 2.12. The molecule has 0 aliphatic heterocycles. The molecule has 104 valence electrons. The second-order valence-electron chi connectivity index (χ2n) is 4.24. The number of nitrogens with two attached hydrogens (primary N) is 1. The molecular formula is C16H17NO3. The van der Waals surface area contributed by atoms with E-state index in [1.54, 1.807) is 24.3 Å². The molecule has 0 heterocycles. The predicted octanol–water partition coefficient (Wildman–Crippen LogP) is 2.89. The maximum absolute atomic E-state index is 11.8. The van der Waals surface area contributed by atoms with Gasteiger partial charge in [-0.15, -0.1) is 0 Å². The van der Waals surface area contributed by atoms with Gasteiger partial charge in [0.2, 0.25) is 0 Å². The molecule has 0 amide bonds. The van der Waals surface area contributed by atoms with Crippen molar-refractivity contribution in [3.8, 4) is 5.75 Å². The van der Waals surface area contributed by atoms with Crippen molar-refractivity contribution in [3.63, 3.8) is 0 Å².